The van der Waals surface area contributed by atoms with Crippen molar-refractivity contribution in [2.75, 3.05) is 16.8 Å². The molecule has 0 bridgehead atoms. The number of benzene rings is 1. The third kappa shape index (κ3) is 3.80. The largest absolute Gasteiger partial charge is 0.312 e. The van der Waals surface area contributed by atoms with Gasteiger partial charge in [-0.3, -0.25) is 9.59 Å². The van der Waals surface area contributed by atoms with Crippen molar-refractivity contribution >= 4 is 34.0 Å². The third-order valence-electron chi connectivity index (χ3n) is 4.65. The quantitative estimate of drug-likeness (QED) is 0.810. The summed E-state index contributed by atoms with van der Waals surface area (Å²) in [7, 11) is 0. The molecule has 0 fully saturated rings. The predicted molar refractivity (Wildman–Crippen MR) is 107 cm³/mol. The summed E-state index contributed by atoms with van der Waals surface area (Å²) in [6.45, 7) is 6.74. The number of nitrogens with one attached hydrogen (secondary N) is 1. The maximum atomic E-state index is 12.0. The van der Waals surface area contributed by atoms with Crippen molar-refractivity contribution in [2.24, 2.45) is 0 Å². The highest BCUT2D eigenvalue weighted by atomic mass is 32.1. The van der Waals surface area contributed by atoms with Crippen molar-refractivity contribution in [3.05, 3.63) is 28.6 Å². The number of rotatable bonds is 6. The van der Waals surface area contributed by atoms with Crippen LogP contribution in [0.5, 0.6) is 0 Å². The summed E-state index contributed by atoms with van der Waals surface area (Å²) >= 11 is 1.51. The molecule has 2 aromatic rings. The van der Waals surface area contributed by atoms with Gasteiger partial charge in [0.05, 0.1) is 5.69 Å². The zero-order valence-electron chi connectivity index (χ0n) is 15.6. The van der Waals surface area contributed by atoms with E-state index in [1.165, 1.54) is 16.9 Å². The molecule has 1 aliphatic heterocycles. The van der Waals surface area contributed by atoms with Gasteiger partial charge in [0.1, 0.15) is 0 Å². The second-order valence-electron chi connectivity index (χ2n) is 6.57. The summed E-state index contributed by atoms with van der Waals surface area (Å²) in [5, 5.41) is 3.56. The molecule has 0 atom stereocenters. The van der Waals surface area contributed by atoms with E-state index in [4.69, 9.17) is 0 Å². The number of nitrogens with zero attached hydrogens (tertiary/aromatic N) is 2. The van der Waals surface area contributed by atoms with Crippen LogP contribution in [0.15, 0.2) is 18.2 Å². The van der Waals surface area contributed by atoms with Crippen LogP contribution in [0.4, 0.5) is 10.8 Å². The number of unbranched alkanes of at least 4 members (excludes halogenated alkanes) is 1. The smallest absolute Gasteiger partial charge is 0.226 e. The normalized spacial score (nSPS) is 13.0. The maximum Gasteiger partial charge on any atom is 0.226 e. The average Bonchev–Trinajstić information content (AvgIpc) is 3.22. The fourth-order valence-electron chi connectivity index (χ4n) is 3.24. The molecular formula is C20H25N3O2S. The first-order valence-electron chi connectivity index (χ1n) is 9.24. The Bertz CT molecular complexity index is 828. The molecule has 0 spiro atoms. The fourth-order valence-corrected chi connectivity index (χ4v) is 4.09. The molecule has 0 aliphatic carbocycles. The van der Waals surface area contributed by atoms with Crippen LogP contribution in [-0.4, -0.2) is 23.3 Å². The number of carbonyl (C=O) groups is 2. The van der Waals surface area contributed by atoms with E-state index in [2.05, 4.69) is 23.3 Å². The van der Waals surface area contributed by atoms with Crippen LogP contribution in [0.25, 0.3) is 11.3 Å². The summed E-state index contributed by atoms with van der Waals surface area (Å²) in [6, 6.07) is 6.16. The minimum atomic E-state index is 0.0230. The Hall–Kier alpha value is -2.21. The van der Waals surface area contributed by atoms with Gasteiger partial charge in [0.25, 0.3) is 0 Å². The topological polar surface area (TPSA) is 62.3 Å². The number of hydrogen-bond donors (Lipinski definition) is 1. The van der Waals surface area contributed by atoms with Crippen molar-refractivity contribution in [3.8, 4) is 11.3 Å². The van der Waals surface area contributed by atoms with Crippen molar-refractivity contribution in [3.63, 3.8) is 0 Å². The van der Waals surface area contributed by atoms with Crippen molar-refractivity contribution in [2.45, 2.75) is 52.9 Å². The van der Waals surface area contributed by atoms with Gasteiger partial charge in [0.15, 0.2) is 5.13 Å². The number of amides is 2. The number of aromatic nitrogens is 1. The van der Waals surface area contributed by atoms with Crippen molar-refractivity contribution in [1.82, 2.24) is 4.98 Å². The van der Waals surface area contributed by atoms with E-state index in [-0.39, 0.29) is 11.8 Å². The molecule has 1 aliphatic rings. The van der Waals surface area contributed by atoms with Crippen molar-refractivity contribution in [1.29, 1.82) is 0 Å². The summed E-state index contributed by atoms with van der Waals surface area (Å²) in [6.07, 6.45) is 3.82. The lowest BCUT2D eigenvalue weighted by atomic mass is 10.1. The molecule has 1 aromatic carbocycles. The highest BCUT2D eigenvalue weighted by molar-refractivity contribution is 7.16. The van der Waals surface area contributed by atoms with Gasteiger partial charge in [-0.15, -0.1) is 11.3 Å². The third-order valence-corrected chi connectivity index (χ3v) is 5.54. The van der Waals surface area contributed by atoms with E-state index in [1.54, 1.807) is 0 Å². The number of carbonyl (C=O) groups excluding carboxylic acids is 2. The lowest BCUT2D eigenvalue weighted by molar-refractivity contribution is -0.118. The van der Waals surface area contributed by atoms with Crippen LogP contribution < -0.4 is 10.2 Å². The van der Waals surface area contributed by atoms with E-state index < -0.39 is 0 Å². The first kappa shape index (κ1) is 18.6. The molecule has 0 saturated carbocycles. The first-order chi connectivity index (χ1) is 12.5. The Morgan fingerprint density at radius 3 is 2.85 bits per heavy atom. The Morgan fingerprint density at radius 2 is 2.12 bits per heavy atom. The van der Waals surface area contributed by atoms with Crippen molar-refractivity contribution < 1.29 is 9.59 Å². The van der Waals surface area contributed by atoms with E-state index in [0.717, 1.165) is 47.6 Å². The van der Waals surface area contributed by atoms with Crippen LogP contribution in [-0.2, 0) is 16.0 Å². The number of aryl methyl sites for hydroxylation is 1. The van der Waals surface area contributed by atoms with Gasteiger partial charge in [-0.1, -0.05) is 26.3 Å². The number of anilines is 2. The summed E-state index contributed by atoms with van der Waals surface area (Å²) < 4.78 is 0. The van der Waals surface area contributed by atoms with Gasteiger partial charge in [0.2, 0.25) is 11.8 Å². The second-order valence-corrected chi connectivity index (χ2v) is 7.77. The summed E-state index contributed by atoms with van der Waals surface area (Å²) in [5.74, 6) is 0.188. The molecule has 0 saturated heterocycles. The summed E-state index contributed by atoms with van der Waals surface area (Å²) in [4.78, 5) is 31.5. The van der Waals surface area contributed by atoms with Crippen LogP contribution in [0.3, 0.4) is 0 Å². The Kier molecular flexibility index (Phi) is 5.71. The first-order valence-corrected chi connectivity index (χ1v) is 10.1. The number of thiazole rings is 1. The molecule has 6 heteroatoms. The lowest BCUT2D eigenvalue weighted by Gasteiger charge is -2.16. The Labute approximate surface area is 158 Å². The second kappa shape index (κ2) is 7.99. The van der Waals surface area contributed by atoms with E-state index in [1.807, 2.05) is 30.9 Å². The van der Waals surface area contributed by atoms with Gasteiger partial charge in [-0.05, 0) is 37.5 Å². The highest BCUT2D eigenvalue weighted by Crippen LogP contribution is 2.35. The molecule has 3 rings (SSSR count). The van der Waals surface area contributed by atoms with Gasteiger partial charge in [-0.2, -0.15) is 0 Å². The number of hydrogen-bond acceptors (Lipinski definition) is 4. The minimum absolute atomic E-state index is 0.0230. The van der Waals surface area contributed by atoms with Gasteiger partial charge < -0.3 is 10.2 Å². The van der Waals surface area contributed by atoms with Crippen LogP contribution in [0, 0.1) is 6.92 Å². The Balaban J connectivity index is 1.80. The van der Waals surface area contributed by atoms with E-state index in [0.29, 0.717) is 18.0 Å². The minimum Gasteiger partial charge on any atom is -0.312 e. The zero-order valence-corrected chi connectivity index (χ0v) is 16.4. The monoisotopic (exact) mass is 371 g/mol. The van der Waals surface area contributed by atoms with Crippen LogP contribution >= 0.6 is 11.3 Å². The molecule has 1 aromatic heterocycles. The van der Waals surface area contributed by atoms with Crippen LogP contribution in [0.2, 0.25) is 0 Å². The molecule has 0 unspecified atom stereocenters. The zero-order chi connectivity index (χ0) is 18.7. The molecule has 5 nitrogen and oxygen atoms in total. The molecule has 1 N–H and O–H groups in total. The lowest BCUT2D eigenvalue weighted by Crippen LogP contribution is -2.27. The summed E-state index contributed by atoms with van der Waals surface area (Å²) in [5.41, 5.74) is 4.15. The molecule has 0 radical (unpaired) electrons. The molecule has 26 heavy (non-hydrogen) atoms. The van der Waals surface area contributed by atoms with Gasteiger partial charge >= 0.3 is 0 Å². The van der Waals surface area contributed by atoms with E-state index >= 15 is 0 Å². The predicted octanol–water partition coefficient (Wildman–Crippen LogP) is 4.55. The SMILES string of the molecule is CCCCC(=O)Nc1nc(-c2ccc3c(c2)CCN3C(=O)CC)c(C)s1. The molecular weight excluding hydrogens is 346 g/mol. The maximum absolute atomic E-state index is 12.0. The molecule has 2 heterocycles. The Morgan fingerprint density at radius 1 is 1.31 bits per heavy atom. The average molecular weight is 372 g/mol. The van der Waals surface area contributed by atoms with E-state index in [9.17, 15) is 9.59 Å². The standard InChI is InChI=1S/C20H25N3O2S/c1-4-6-7-17(24)21-20-22-19(13(3)26-20)15-8-9-16-14(12-15)10-11-23(16)18(25)5-2/h8-9,12H,4-7,10-11H2,1-3H3,(H,21,22,24). The van der Waals surface area contributed by atoms with Crippen LogP contribution in [0.1, 0.15) is 50.0 Å². The van der Waals surface area contributed by atoms with Gasteiger partial charge in [0, 0.05) is 35.5 Å². The molecule has 138 valence electrons. The van der Waals surface area contributed by atoms with Gasteiger partial charge in [-0.25, -0.2) is 4.98 Å². The highest BCUT2D eigenvalue weighted by Gasteiger charge is 2.24. The fraction of sp³-hybridized carbons (Fsp3) is 0.450. The molecule has 2 amide bonds. The number of fused-ring (bicyclic) bond motifs is 1.